The lowest BCUT2D eigenvalue weighted by Gasteiger charge is -2.08. The minimum absolute atomic E-state index is 0.786. The van der Waals surface area contributed by atoms with E-state index in [0.717, 1.165) is 34.3 Å². The van der Waals surface area contributed by atoms with Crippen molar-refractivity contribution < 1.29 is 0 Å². The number of benzene rings is 1. The number of nitrogens with zero attached hydrogens (tertiary/aromatic N) is 3. The Labute approximate surface area is 146 Å². The van der Waals surface area contributed by atoms with Gasteiger partial charge in [-0.2, -0.15) is 0 Å². The predicted molar refractivity (Wildman–Crippen MR) is 100 cm³/mol. The quantitative estimate of drug-likeness (QED) is 0.577. The topological polar surface area (TPSA) is 50.7 Å². The Morgan fingerprint density at radius 3 is 1.92 bits per heavy atom. The van der Waals surface area contributed by atoms with Crippen LogP contribution in [0.15, 0.2) is 91.1 Å². The summed E-state index contributed by atoms with van der Waals surface area (Å²) in [7, 11) is 0. The van der Waals surface area contributed by atoms with Crippen LogP contribution in [0.2, 0.25) is 0 Å². The summed E-state index contributed by atoms with van der Waals surface area (Å²) in [6, 6.07) is 27.6. The second-order valence-electron chi connectivity index (χ2n) is 5.52. The van der Waals surface area contributed by atoms with Gasteiger partial charge in [-0.05, 0) is 48.5 Å². The summed E-state index contributed by atoms with van der Waals surface area (Å²) < 4.78 is 0. The van der Waals surface area contributed by atoms with Gasteiger partial charge in [-0.3, -0.25) is 4.98 Å². The first-order valence-electron chi connectivity index (χ1n) is 8.06. The molecule has 1 aromatic carbocycles. The molecule has 0 saturated heterocycles. The van der Waals surface area contributed by atoms with E-state index < -0.39 is 0 Å². The fourth-order valence-electron chi connectivity index (χ4n) is 2.55. The van der Waals surface area contributed by atoms with Crippen molar-refractivity contribution in [3.8, 4) is 22.8 Å². The number of para-hydroxylation sites is 1. The Kier molecular flexibility index (Phi) is 4.16. The van der Waals surface area contributed by atoms with E-state index in [9.17, 15) is 0 Å². The molecule has 0 amide bonds. The van der Waals surface area contributed by atoms with Gasteiger partial charge in [0.05, 0.1) is 22.8 Å². The van der Waals surface area contributed by atoms with Crippen LogP contribution in [0.5, 0.6) is 0 Å². The van der Waals surface area contributed by atoms with Gasteiger partial charge in [0.2, 0.25) is 0 Å². The van der Waals surface area contributed by atoms with Crippen molar-refractivity contribution in [3.05, 3.63) is 91.1 Å². The van der Waals surface area contributed by atoms with Crippen LogP contribution >= 0.6 is 0 Å². The smallest absolute Gasteiger partial charge is 0.131 e. The SMILES string of the molecule is c1ccc(Nc2cccc(-c3cccc(-c4ccccn4)n3)n2)cc1. The predicted octanol–water partition coefficient (Wildman–Crippen LogP) is 4.95. The molecule has 1 N–H and O–H groups in total. The number of anilines is 2. The molecular formula is C21H16N4. The van der Waals surface area contributed by atoms with Gasteiger partial charge >= 0.3 is 0 Å². The van der Waals surface area contributed by atoms with Gasteiger partial charge < -0.3 is 5.32 Å². The van der Waals surface area contributed by atoms with Crippen LogP contribution in [0, 0.1) is 0 Å². The number of aromatic nitrogens is 3. The maximum absolute atomic E-state index is 4.71. The average molecular weight is 324 g/mol. The lowest BCUT2D eigenvalue weighted by atomic mass is 10.2. The lowest BCUT2D eigenvalue weighted by molar-refractivity contribution is 1.22. The molecule has 3 aromatic heterocycles. The molecule has 0 bridgehead atoms. The minimum Gasteiger partial charge on any atom is -0.340 e. The highest BCUT2D eigenvalue weighted by Crippen LogP contribution is 2.22. The molecule has 0 unspecified atom stereocenters. The number of nitrogens with one attached hydrogen (secondary N) is 1. The van der Waals surface area contributed by atoms with Crippen LogP contribution < -0.4 is 5.32 Å². The van der Waals surface area contributed by atoms with Crippen molar-refractivity contribution in [1.82, 2.24) is 15.0 Å². The second-order valence-corrected chi connectivity index (χ2v) is 5.52. The molecule has 0 aliphatic carbocycles. The highest BCUT2D eigenvalue weighted by atomic mass is 15.0. The molecule has 4 nitrogen and oxygen atoms in total. The van der Waals surface area contributed by atoms with Crippen LogP contribution in [0.1, 0.15) is 0 Å². The third-order valence-corrected chi connectivity index (χ3v) is 3.73. The maximum Gasteiger partial charge on any atom is 0.131 e. The number of rotatable bonds is 4. The fourth-order valence-corrected chi connectivity index (χ4v) is 2.55. The Morgan fingerprint density at radius 2 is 1.16 bits per heavy atom. The van der Waals surface area contributed by atoms with E-state index in [0.29, 0.717) is 0 Å². The summed E-state index contributed by atoms with van der Waals surface area (Å²) in [6.45, 7) is 0. The number of pyridine rings is 3. The lowest BCUT2D eigenvalue weighted by Crippen LogP contribution is -1.96. The molecule has 0 aliphatic rings. The fraction of sp³-hybridized carbons (Fsp3) is 0. The van der Waals surface area contributed by atoms with E-state index in [1.807, 2.05) is 84.9 Å². The molecule has 3 heterocycles. The molecule has 0 atom stereocenters. The molecule has 0 saturated carbocycles. The van der Waals surface area contributed by atoms with E-state index in [1.54, 1.807) is 6.20 Å². The Balaban J connectivity index is 1.65. The zero-order chi connectivity index (χ0) is 16.9. The van der Waals surface area contributed by atoms with Gasteiger partial charge in [0.1, 0.15) is 5.82 Å². The largest absolute Gasteiger partial charge is 0.340 e. The molecule has 0 spiro atoms. The maximum atomic E-state index is 4.71. The van der Waals surface area contributed by atoms with Crippen molar-refractivity contribution in [1.29, 1.82) is 0 Å². The Bertz CT molecular complexity index is 969. The number of hydrogen-bond acceptors (Lipinski definition) is 4. The molecule has 0 fully saturated rings. The van der Waals surface area contributed by atoms with E-state index in [4.69, 9.17) is 4.98 Å². The molecule has 25 heavy (non-hydrogen) atoms. The van der Waals surface area contributed by atoms with E-state index in [2.05, 4.69) is 15.3 Å². The van der Waals surface area contributed by atoms with E-state index >= 15 is 0 Å². The standard InChI is InChI=1S/C21H16N4/c1-2-8-16(9-3-1)23-21-14-7-13-20(25-21)19-12-6-11-18(24-19)17-10-4-5-15-22-17/h1-15H,(H,23,25). The third kappa shape index (κ3) is 3.53. The first-order valence-corrected chi connectivity index (χ1v) is 8.06. The van der Waals surface area contributed by atoms with Crippen LogP contribution in [-0.4, -0.2) is 15.0 Å². The monoisotopic (exact) mass is 324 g/mol. The highest BCUT2D eigenvalue weighted by Gasteiger charge is 2.06. The third-order valence-electron chi connectivity index (χ3n) is 3.73. The molecule has 4 heteroatoms. The Hall–Kier alpha value is -3.53. The zero-order valence-corrected chi connectivity index (χ0v) is 13.5. The average Bonchev–Trinajstić information content (AvgIpc) is 2.70. The molecule has 0 radical (unpaired) electrons. The summed E-state index contributed by atoms with van der Waals surface area (Å²) >= 11 is 0. The van der Waals surface area contributed by atoms with Gasteiger partial charge in [-0.15, -0.1) is 0 Å². The van der Waals surface area contributed by atoms with Gasteiger partial charge in [-0.25, -0.2) is 9.97 Å². The highest BCUT2D eigenvalue weighted by molar-refractivity contribution is 5.64. The van der Waals surface area contributed by atoms with Crippen LogP contribution in [0.4, 0.5) is 11.5 Å². The summed E-state index contributed by atoms with van der Waals surface area (Å²) in [5.74, 6) is 0.786. The van der Waals surface area contributed by atoms with Crippen molar-refractivity contribution in [2.45, 2.75) is 0 Å². The molecule has 4 rings (SSSR count). The zero-order valence-electron chi connectivity index (χ0n) is 13.5. The van der Waals surface area contributed by atoms with Gasteiger partial charge in [0, 0.05) is 11.9 Å². The molecule has 120 valence electrons. The molecule has 4 aromatic rings. The normalized spacial score (nSPS) is 10.4. The first kappa shape index (κ1) is 15.0. The van der Waals surface area contributed by atoms with Crippen LogP contribution in [0.25, 0.3) is 22.8 Å². The van der Waals surface area contributed by atoms with Gasteiger partial charge in [-0.1, -0.05) is 36.4 Å². The molecule has 0 aliphatic heterocycles. The summed E-state index contributed by atoms with van der Waals surface area (Å²) in [5, 5.41) is 3.31. The summed E-state index contributed by atoms with van der Waals surface area (Å²) in [5.41, 5.74) is 4.32. The number of hydrogen-bond donors (Lipinski definition) is 1. The van der Waals surface area contributed by atoms with Crippen molar-refractivity contribution in [2.24, 2.45) is 0 Å². The van der Waals surface area contributed by atoms with Crippen LogP contribution in [0.3, 0.4) is 0 Å². The van der Waals surface area contributed by atoms with E-state index in [1.165, 1.54) is 0 Å². The van der Waals surface area contributed by atoms with Crippen molar-refractivity contribution in [3.63, 3.8) is 0 Å². The van der Waals surface area contributed by atoms with Crippen molar-refractivity contribution >= 4 is 11.5 Å². The van der Waals surface area contributed by atoms with Gasteiger partial charge in [0.15, 0.2) is 0 Å². The first-order chi connectivity index (χ1) is 12.4. The van der Waals surface area contributed by atoms with E-state index in [-0.39, 0.29) is 0 Å². The Morgan fingerprint density at radius 1 is 0.520 bits per heavy atom. The summed E-state index contributed by atoms with van der Waals surface area (Å²) in [4.78, 5) is 13.7. The van der Waals surface area contributed by atoms with Crippen molar-refractivity contribution in [2.75, 3.05) is 5.32 Å². The molecular weight excluding hydrogens is 308 g/mol. The van der Waals surface area contributed by atoms with Gasteiger partial charge in [0.25, 0.3) is 0 Å². The summed E-state index contributed by atoms with van der Waals surface area (Å²) in [6.07, 6.45) is 1.77. The van der Waals surface area contributed by atoms with Crippen LogP contribution in [-0.2, 0) is 0 Å². The minimum atomic E-state index is 0.786. The second kappa shape index (κ2) is 6.93.